The number of rotatable bonds is 7. The first kappa shape index (κ1) is 27.3. The number of nitrogens with one attached hydrogen (secondary N) is 2. The van der Waals surface area contributed by atoms with Crippen molar-refractivity contribution in [1.82, 2.24) is 4.98 Å². The van der Waals surface area contributed by atoms with Gasteiger partial charge < -0.3 is 10.1 Å². The van der Waals surface area contributed by atoms with Gasteiger partial charge in [0.1, 0.15) is 6.04 Å². The predicted octanol–water partition coefficient (Wildman–Crippen LogP) is 5.59. The Morgan fingerprint density at radius 2 is 1.89 bits per heavy atom. The highest BCUT2D eigenvalue weighted by molar-refractivity contribution is 7.92. The fraction of sp³-hybridized carbons (Fsp3) is 0.308. The van der Waals surface area contributed by atoms with E-state index in [9.17, 15) is 13.2 Å². The fourth-order valence-corrected chi connectivity index (χ4v) is 4.72. The Balaban J connectivity index is 1.64. The number of ether oxygens (including phenoxy) is 1. The van der Waals surface area contributed by atoms with E-state index in [0.29, 0.717) is 28.5 Å². The minimum Gasteiger partial charge on any atom is -0.492 e. The summed E-state index contributed by atoms with van der Waals surface area (Å²) in [5.74, 6) is -0.240. The molecule has 12 heteroatoms. The number of nitrogens with zero attached hydrogens (tertiary/aromatic N) is 4. The summed E-state index contributed by atoms with van der Waals surface area (Å²) in [6.45, 7) is 6.40. The van der Waals surface area contributed by atoms with Gasteiger partial charge in [-0.2, -0.15) is 5.11 Å². The average molecular weight is 557 g/mol. The maximum atomic E-state index is 13.4. The van der Waals surface area contributed by atoms with Gasteiger partial charge in [0.15, 0.2) is 5.75 Å². The lowest BCUT2D eigenvalue weighted by Crippen LogP contribution is -2.19. The summed E-state index contributed by atoms with van der Waals surface area (Å²) in [6, 6.07) is 11.9. The second-order valence-electron chi connectivity index (χ2n) is 9.94. The smallest absolute Gasteiger partial charge is 0.255 e. The maximum absolute atomic E-state index is 13.4. The van der Waals surface area contributed by atoms with Crippen molar-refractivity contribution in [3.63, 3.8) is 0 Å². The number of anilines is 3. The Kier molecular flexibility index (Phi) is 7.61. The van der Waals surface area contributed by atoms with Crippen LogP contribution in [0.15, 0.2) is 65.2 Å². The van der Waals surface area contributed by atoms with Crippen molar-refractivity contribution in [2.75, 3.05) is 35.0 Å². The van der Waals surface area contributed by atoms with Crippen LogP contribution in [0.4, 0.5) is 17.1 Å². The summed E-state index contributed by atoms with van der Waals surface area (Å²) < 4.78 is 32.0. The van der Waals surface area contributed by atoms with Gasteiger partial charge in [0.25, 0.3) is 5.91 Å². The predicted molar refractivity (Wildman–Crippen MR) is 149 cm³/mol. The molecule has 1 aliphatic heterocycles. The van der Waals surface area contributed by atoms with E-state index in [-0.39, 0.29) is 22.9 Å². The van der Waals surface area contributed by atoms with E-state index in [1.165, 1.54) is 7.11 Å². The molecule has 38 heavy (non-hydrogen) atoms. The van der Waals surface area contributed by atoms with Gasteiger partial charge in [0.05, 0.1) is 42.0 Å². The zero-order chi connectivity index (χ0) is 27.7. The Labute approximate surface area is 227 Å². The Hall–Kier alpha value is -3.70. The van der Waals surface area contributed by atoms with Crippen molar-refractivity contribution in [1.29, 1.82) is 0 Å². The fourth-order valence-electron chi connectivity index (χ4n) is 3.95. The molecular formula is C26H29ClN6O4S. The van der Waals surface area contributed by atoms with Crippen LogP contribution in [0.25, 0.3) is 0 Å². The standard InChI is InChI=1S/C26H29ClN6O4S/c1-26(2,3)18-12-20(24(37-4)21(13-18)31-38(5,35)36)29-25(34)16-8-9-19(27)23(11-16)33-15-22(30-32-33)17-7-6-10-28-14-17/h6-14,22,31H,15H2,1-5H3,(H,29,34). The molecule has 0 radical (unpaired) electrons. The van der Waals surface area contributed by atoms with Gasteiger partial charge in [-0.3, -0.25) is 14.5 Å². The van der Waals surface area contributed by atoms with Crippen LogP contribution in [0.1, 0.15) is 48.3 Å². The minimum absolute atomic E-state index is 0.193. The number of pyridine rings is 1. The second-order valence-corrected chi connectivity index (χ2v) is 12.1. The van der Waals surface area contributed by atoms with E-state index in [1.807, 2.05) is 32.9 Å². The molecule has 10 nitrogen and oxygen atoms in total. The lowest BCUT2D eigenvalue weighted by atomic mass is 9.86. The topological polar surface area (TPSA) is 125 Å². The molecule has 200 valence electrons. The van der Waals surface area contributed by atoms with Crippen LogP contribution in [0.2, 0.25) is 5.02 Å². The first-order valence-electron chi connectivity index (χ1n) is 11.7. The van der Waals surface area contributed by atoms with E-state index in [4.69, 9.17) is 16.3 Å². The molecule has 1 unspecified atom stereocenters. The Morgan fingerprint density at radius 3 is 2.53 bits per heavy atom. The van der Waals surface area contributed by atoms with Crippen LogP contribution in [-0.4, -0.2) is 39.2 Å². The van der Waals surface area contributed by atoms with E-state index < -0.39 is 15.9 Å². The highest BCUT2D eigenvalue weighted by Gasteiger charge is 2.26. The third kappa shape index (κ3) is 6.22. The zero-order valence-corrected chi connectivity index (χ0v) is 23.3. The first-order valence-corrected chi connectivity index (χ1v) is 14.0. The number of carbonyl (C=O) groups is 1. The van der Waals surface area contributed by atoms with Crippen LogP contribution in [0, 0.1) is 0 Å². The van der Waals surface area contributed by atoms with E-state index in [2.05, 4.69) is 25.4 Å². The number of hydrogen-bond acceptors (Lipinski definition) is 8. The molecule has 4 rings (SSSR count). The molecule has 1 aromatic heterocycles. The normalized spacial score (nSPS) is 15.4. The van der Waals surface area contributed by atoms with Gasteiger partial charge in [-0.25, -0.2) is 13.4 Å². The molecule has 0 saturated carbocycles. The number of carbonyl (C=O) groups excluding carboxylic acids is 1. The summed E-state index contributed by atoms with van der Waals surface area (Å²) in [6.07, 6.45) is 4.49. The quantitative estimate of drug-likeness (QED) is 0.390. The van der Waals surface area contributed by atoms with Crippen molar-refractivity contribution < 1.29 is 17.9 Å². The number of amides is 1. The molecule has 1 atom stereocenters. The number of benzene rings is 2. The average Bonchev–Trinajstić information content (AvgIpc) is 3.33. The van der Waals surface area contributed by atoms with Gasteiger partial charge in [0.2, 0.25) is 10.0 Å². The molecule has 3 aromatic rings. The van der Waals surface area contributed by atoms with Crippen LogP contribution >= 0.6 is 11.6 Å². The van der Waals surface area contributed by atoms with Crippen LogP contribution in [-0.2, 0) is 15.4 Å². The van der Waals surface area contributed by atoms with E-state index in [1.54, 1.807) is 47.7 Å². The molecule has 1 aliphatic rings. The van der Waals surface area contributed by atoms with Gasteiger partial charge in [-0.05, 0) is 52.9 Å². The van der Waals surface area contributed by atoms with E-state index in [0.717, 1.165) is 17.4 Å². The van der Waals surface area contributed by atoms with Gasteiger partial charge >= 0.3 is 0 Å². The zero-order valence-electron chi connectivity index (χ0n) is 21.7. The van der Waals surface area contributed by atoms with Gasteiger partial charge in [0, 0.05) is 18.0 Å². The van der Waals surface area contributed by atoms with Crippen molar-refractivity contribution in [3.8, 4) is 5.75 Å². The van der Waals surface area contributed by atoms with Crippen molar-refractivity contribution in [2.24, 2.45) is 10.3 Å². The molecule has 0 spiro atoms. The number of halogens is 1. The largest absolute Gasteiger partial charge is 0.492 e. The lowest BCUT2D eigenvalue weighted by Gasteiger charge is -2.24. The number of sulfonamides is 1. The number of aromatic nitrogens is 1. The molecule has 2 N–H and O–H groups in total. The molecular weight excluding hydrogens is 528 g/mol. The molecule has 2 heterocycles. The molecule has 0 aliphatic carbocycles. The van der Waals surface area contributed by atoms with Crippen LogP contribution in [0.5, 0.6) is 5.75 Å². The maximum Gasteiger partial charge on any atom is 0.255 e. The molecule has 0 bridgehead atoms. The Bertz CT molecular complexity index is 1490. The van der Waals surface area contributed by atoms with Crippen LogP contribution < -0.4 is 19.8 Å². The summed E-state index contributed by atoms with van der Waals surface area (Å²) in [5, 5.41) is 13.5. The monoisotopic (exact) mass is 556 g/mol. The summed E-state index contributed by atoms with van der Waals surface area (Å²) >= 11 is 6.46. The first-order chi connectivity index (χ1) is 17.9. The number of hydrogen-bond donors (Lipinski definition) is 2. The lowest BCUT2D eigenvalue weighted by molar-refractivity contribution is 0.102. The third-order valence-corrected chi connectivity index (χ3v) is 6.81. The second kappa shape index (κ2) is 10.6. The summed E-state index contributed by atoms with van der Waals surface area (Å²) in [7, 11) is -2.19. The highest BCUT2D eigenvalue weighted by Crippen LogP contribution is 2.40. The third-order valence-electron chi connectivity index (χ3n) is 5.90. The summed E-state index contributed by atoms with van der Waals surface area (Å²) in [4.78, 5) is 17.5. The van der Waals surface area contributed by atoms with Crippen molar-refractivity contribution >= 4 is 44.6 Å². The van der Waals surface area contributed by atoms with Gasteiger partial charge in [-0.1, -0.05) is 43.7 Å². The molecule has 0 fully saturated rings. The van der Waals surface area contributed by atoms with Crippen LogP contribution in [0.3, 0.4) is 0 Å². The SMILES string of the molecule is COc1c(NC(=O)c2ccc(Cl)c(N3CC(c4cccnc4)N=N3)c2)cc(C(C)(C)C)cc1NS(C)(=O)=O. The highest BCUT2D eigenvalue weighted by atomic mass is 35.5. The van der Waals surface area contributed by atoms with Crippen molar-refractivity contribution in [2.45, 2.75) is 32.2 Å². The van der Waals surface area contributed by atoms with Crippen molar-refractivity contribution in [3.05, 3.63) is 76.6 Å². The summed E-state index contributed by atoms with van der Waals surface area (Å²) in [5.41, 5.74) is 2.80. The van der Waals surface area contributed by atoms with E-state index >= 15 is 0 Å². The van der Waals surface area contributed by atoms with Gasteiger partial charge in [-0.15, -0.1) is 0 Å². The molecule has 2 aromatic carbocycles. The molecule has 0 saturated heterocycles. The molecule has 1 amide bonds. The minimum atomic E-state index is -3.60. The number of methoxy groups -OCH3 is 1. The Morgan fingerprint density at radius 1 is 1.16 bits per heavy atom.